The van der Waals surface area contributed by atoms with Gasteiger partial charge in [-0.2, -0.15) is 0 Å². The molecule has 4 aliphatic heterocycles. The molecule has 0 saturated carbocycles. The lowest BCUT2D eigenvalue weighted by Gasteiger charge is -2.44. The molecule has 6 rings (SSSR count). The van der Waals surface area contributed by atoms with E-state index in [4.69, 9.17) is 38.6 Å². The van der Waals surface area contributed by atoms with Crippen molar-refractivity contribution in [3.63, 3.8) is 0 Å². The second kappa shape index (κ2) is 15.4. The van der Waals surface area contributed by atoms with Crippen LogP contribution in [0.4, 0.5) is 11.4 Å². The van der Waals surface area contributed by atoms with Crippen LogP contribution in [-0.4, -0.2) is 138 Å². The Kier molecular flexibility index (Phi) is 12.2. The van der Waals surface area contributed by atoms with Crippen LogP contribution in [-0.2, 0) is 28.4 Å². The molecule has 20 heteroatoms. The lowest BCUT2D eigenvalue weighted by Crippen LogP contribution is -2.70. The third kappa shape index (κ3) is 7.21. The van der Waals surface area contributed by atoms with Gasteiger partial charge in [-0.1, -0.05) is 12.1 Å². The number of aliphatic hydroxyl groups is 8. The number of benzene rings is 2. The Bertz CT molecular complexity index is 1300. The standard InChI is InChI=1S/C16H16N2O7.C12H20O10.H2O/c19-15-13(9-1-5-11(17-21)6-2-9)24-16(20)14(25-15)10-3-7-12(8-4-10)18(22)23;13-1-5-7(15)9(17)11(21-5)3-20-12(4-19-11)10(18)8(16)6(2-14)22-12;/h1-8,13-16,19-20H,17H2;5-10,13-18H,1-4H2;1H2/t;5-,6-,7?,8?,9+,10+,11-,12+;/m.1./s1. The zero-order valence-electron chi connectivity index (χ0n) is 25.0. The average Bonchev–Trinajstić information content (AvgIpc) is 3.47. The summed E-state index contributed by atoms with van der Waals surface area (Å²) in [5.74, 6) is -3.38. The Hall–Kier alpha value is -2.84. The summed E-state index contributed by atoms with van der Waals surface area (Å²) >= 11 is 0. The van der Waals surface area contributed by atoms with Crippen LogP contribution in [0.5, 0.6) is 0 Å². The fourth-order valence-corrected chi connectivity index (χ4v) is 5.63. The van der Waals surface area contributed by atoms with Crippen molar-refractivity contribution in [2.75, 3.05) is 26.4 Å². The normalized spacial score (nSPS) is 39.1. The van der Waals surface area contributed by atoms with E-state index in [1.54, 1.807) is 24.3 Å². The fraction of sp³-hybridized carbons (Fsp3) is 0.571. The second-order valence-electron chi connectivity index (χ2n) is 11.3. The van der Waals surface area contributed by atoms with Gasteiger partial charge < -0.3 is 85.4 Å². The van der Waals surface area contributed by atoms with Gasteiger partial charge in [0.2, 0.25) is 11.6 Å². The molecule has 2 spiro atoms. The first-order valence-electron chi connectivity index (χ1n) is 14.4. The third-order valence-electron chi connectivity index (χ3n) is 8.33. The van der Waals surface area contributed by atoms with Crippen LogP contribution in [0, 0.1) is 15.3 Å². The second-order valence-corrected chi connectivity index (χ2v) is 11.3. The van der Waals surface area contributed by atoms with E-state index in [0.717, 1.165) is 0 Å². The first kappa shape index (κ1) is 38.0. The van der Waals surface area contributed by atoms with Crippen molar-refractivity contribution in [1.29, 1.82) is 0 Å². The number of hydrogen-bond acceptors (Lipinski definition) is 17. The Balaban J connectivity index is 0.000000214. The number of nitro benzene ring substituents is 1. The Labute approximate surface area is 271 Å². The molecule has 6 unspecified atom stereocenters. The van der Waals surface area contributed by atoms with Gasteiger partial charge in [0.1, 0.15) is 67.7 Å². The highest BCUT2D eigenvalue weighted by Gasteiger charge is 2.64. The summed E-state index contributed by atoms with van der Waals surface area (Å²) in [4.78, 5) is 10.2. The number of aliphatic hydroxyl groups excluding tert-OH is 8. The average molecular weight is 691 g/mol. The molecule has 0 amide bonds. The number of nitro groups is 1. The van der Waals surface area contributed by atoms with Crippen molar-refractivity contribution in [2.24, 2.45) is 0 Å². The van der Waals surface area contributed by atoms with Crippen LogP contribution < -0.4 is 5.48 Å². The van der Waals surface area contributed by atoms with Crippen molar-refractivity contribution >= 4 is 11.4 Å². The lowest BCUT2D eigenvalue weighted by molar-refractivity contribution is -0.497. The quantitative estimate of drug-likeness (QED) is 0.0784. The van der Waals surface area contributed by atoms with Crippen LogP contribution in [0.2, 0.25) is 0 Å². The Morgan fingerprint density at radius 1 is 0.729 bits per heavy atom. The van der Waals surface area contributed by atoms with Gasteiger partial charge in [-0.3, -0.25) is 10.1 Å². The number of non-ortho nitro benzene ring substituents is 1. The molecule has 20 nitrogen and oxygen atoms in total. The Morgan fingerprint density at radius 3 is 1.44 bits per heavy atom. The molecule has 268 valence electrons. The van der Waals surface area contributed by atoms with Crippen LogP contribution in [0.15, 0.2) is 48.5 Å². The van der Waals surface area contributed by atoms with Gasteiger partial charge in [0.05, 0.1) is 18.1 Å². The van der Waals surface area contributed by atoms with E-state index >= 15 is 0 Å². The maximum absolute atomic E-state index is 10.7. The molecule has 48 heavy (non-hydrogen) atoms. The summed E-state index contributed by atoms with van der Waals surface area (Å²) in [6.07, 6.45) is -12.3. The molecule has 0 bridgehead atoms. The topological polar surface area (TPSA) is 332 Å². The number of ether oxygens (including phenoxy) is 6. The summed E-state index contributed by atoms with van der Waals surface area (Å²) in [6, 6.07) is 11.7. The maximum Gasteiger partial charge on any atom is 0.269 e. The zero-order valence-corrected chi connectivity index (χ0v) is 25.0. The largest absolute Gasteiger partial charge is 0.630 e. The van der Waals surface area contributed by atoms with Crippen LogP contribution >= 0.6 is 0 Å². The molecule has 4 saturated heterocycles. The first-order valence-corrected chi connectivity index (χ1v) is 14.4. The zero-order chi connectivity index (χ0) is 34.1. The summed E-state index contributed by atoms with van der Waals surface area (Å²) in [7, 11) is 0. The van der Waals surface area contributed by atoms with Gasteiger partial charge in [-0.05, 0) is 35.4 Å². The highest BCUT2D eigenvalue weighted by atomic mass is 16.8. The fourth-order valence-electron chi connectivity index (χ4n) is 5.63. The number of nitrogens with two attached hydrogens (primary N) is 1. The van der Waals surface area contributed by atoms with E-state index < -0.39 is 104 Å². The molecular weight excluding hydrogens is 652 g/mol. The van der Waals surface area contributed by atoms with Gasteiger partial charge >= 0.3 is 0 Å². The summed E-state index contributed by atoms with van der Waals surface area (Å²) in [5, 5.41) is 99.6. The van der Waals surface area contributed by atoms with Gasteiger partial charge in [-0.25, -0.2) is 0 Å². The van der Waals surface area contributed by atoms with Crippen LogP contribution in [0.1, 0.15) is 23.3 Å². The van der Waals surface area contributed by atoms with E-state index in [9.17, 15) is 46.0 Å². The highest BCUT2D eigenvalue weighted by molar-refractivity contribution is 5.35. The smallest absolute Gasteiger partial charge is 0.269 e. The molecule has 4 fully saturated rings. The molecule has 4 aliphatic rings. The minimum Gasteiger partial charge on any atom is -0.630 e. The van der Waals surface area contributed by atoms with Gasteiger partial charge in [0.25, 0.3) is 5.69 Å². The van der Waals surface area contributed by atoms with Crippen molar-refractivity contribution in [2.45, 2.75) is 73.0 Å². The van der Waals surface area contributed by atoms with Crippen molar-refractivity contribution in [1.82, 2.24) is 0 Å². The van der Waals surface area contributed by atoms with Crippen molar-refractivity contribution < 1.29 is 85.2 Å². The van der Waals surface area contributed by atoms with Gasteiger partial charge in [0.15, 0.2) is 12.6 Å². The van der Waals surface area contributed by atoms with Gasteiger partial charge in [-0.15, -0.1) is 0 Å². The molecule has 2 aromatic rings. The highest BCUT2D eigenvalue weighted by Crippen LogP contribution is 2.43. The summed E-state index contributed by atoms with van der Waals surface area (Å²) in [5.41, 5.74) is 2.05. The molecule has 2 aromatic carbocycles. The number of quaternary nitrogens is 1. The molecule has 4 heterocycles. The Morgan fingerprint density at radius 2 is 1.12 bits per heavy atom. The third-order valence-corrected chi connectivity index (χ3v) is 8.33. The molecule has 0 radical (unpaired) electrons. The van der Waals surface area contributed by atoms with E-state index in [-0.39, 0.29) is 11.2 Å². The van der Waals surface area contributed by atoms with E-state index in [0.29, 0.717) is 22.3 Å². The van der Waals surface area contributed by atoms with E-state index in [1.165, 1.54) is 24.3 Å². The lowest BCUT2D eigenvalue weighted by atomic mass is 10.0. The minimum atomic E-state index is -1.69. The first-order chi connectivity index (χ1) is 22.4. The van der Waals surface area contributed by atoms with E-state index in [1.807, 2.05) is 0 Å². The number of rotatable bonds is 6. The monoisotopic (exact) mass is 690 g/mol. The summed E-state index contributed by atoms with van der Waals surface area (Å²) < 4.78 is 32.5. The van der Waals surface area contributed by atoms with Crippen molar-refractivity contribution in [3.05, 3.63) is 75.0 Å². The predicted molar refractivity (Wildman–Crippen MR) is 153 cm³/mol. The SMILES string of the molecule is O.O=[N+]([O-])c1ccc(C2OC(O)C(c3ccc([NH2+][O-])cc3)OC2O)cc1.OC[C@H]1O[C@@]2(CO[C@]3(CO2)O[C@H](CO)C(O)[C@@H]3O)[C@@H](O)C1O. The van der Waals surface area contributed by atoms with Crippen LogP contribution in [0.3, 0.4) is 0 Å². The van der Waals surface area contributed by atoms with Gasteiger partial charge in [0, 0.05) is 12.1 Å². The molecular formula is C28H38N2O18. The van der Waals surface area contributed by atoms with Crippen molar-refractivity contribution in [3.8, 4) is 0 Å². The minimum absolute atomic E-state index is 0. The number of nitrogens with zero attached hydrogens (tertiary/aromatic N) is 1. The molecule has 0 aliphatic carbocycles. The molecule has 0 aromatic heterocycles. The molecule has 12 N–H and O–H groups in total. The maximum atomic E-state index is 10.7. The van der Waals surface area contributed by atoms with E-state index in [2.05, 4.69) is 0 Å². The molecule has 12 atom stereocenters. The number of hydrogen-bond donors (Lipinski definition) is 9. The summed E-state index contributed by atoms with van der Waals surface area (Å²) in [6.45, 7) is -1.83. The predicted octanol–water partition coefficient (Wildman–Crippen LogP) is -4.42. The van der Waals surface area contributed by atoms with Crippen LogP contribution in [0.25, 0.3) is 0 Å².